The third kappa shape index (κ3) is 4.79. The lowest BCUT2D eigenvalue weighted by atomic mass is 9.58. The normalized spacial score (nSPS) is 39.4. The molecule has 32 heavy (non-hydrogen) atoms. The van der Waals surface area contributed by atoms with Crippen molar-refractivity contribution >= 4 is 17.9 Å². The molecule has 0 aromatic heterocycles. The van der Waals surface area contributed by atoms with E-state index in [0.717, 1.165) is 24.0 Å². The first-order valence-corrected chi connectivity index (χ1v) is 11.8. The zero-order chi connectivity index (χ0) is 23.8. The minimum atomic E-state index is -0.386. The van der Waals surface area contributed by atoms with Crippen LogP contribution in [0.25, 0.3) is 0 Å². The lowest BCUT2D eigenvalue weighted by Crippen LogP contribution is -2.49. The first-order valence-electron chi connectivity index (χ1n) is 11.8. The van der Waals surface area contributed by atoms with Crippen LogP contribution in [0.3, 0.4) is 0 Å². The van der Waals surface area contributed by atoms with Crippen LogP contribution >= 0.6 is 0 Å². The van der Waals surface area contributed by atoms with Gasteiger partial charge in [0.2, 0.25) is 0 Å². The number of fused-ring (bicyclic) bond motifs is 1. The number of carbonyl (C=O) groups is 3. The van der Waals surface area contributed by atoms with Crippen molar-refractivity contribution in [1.29, 1.82) is 0 Å². The number of allylic oxidation sites excluding steroid dienone is 1. The van der Waals surface area contributed by atoms with E-state index >= 15 is 0 Å². The second-order valence-electron chi connectivity index (χ2n) is 10.3. The van der Waals surface area contributed by atoms with Crippen molar-refractivity contribution in [2.24, 2.45) is 29.1 Å². The van der Waals surface area contributed by atoms with Crippen LogP contribution in [-0.2, 0) is 28.6 Å². The van der Waals surface area contributed by atoms with Crippen LogP contribution in [-0.4, -0.2) is 36.2 Å². The molecule has 3 aliphatic rings. The number of hydrogen-bond donors (Lipinski definition) is 0. The van der Waals surface area contributed by atoms with E-state index < -0.39 is 0 Å². The third-order valence-electron chi connectivity index (χ3n) is 8.19. The van der Waals surface area contributed by atoms with Crippen molar-refractivity contribution in [3.63, 3.8) is 0 Å². The van der Waals surface area contributed by atoms with E-state index in [1.54, 1.807) is 0 Å². The molecule has 8 atom stereocenters. The van der Waals surface area contributed by atoms with E-state index in [9.17, 15) is 14.4 Å². The van der Waals surface area contributed by atoms with E-state index in [1.165, 1.54) is 20.8 Å². The molecule has 0 heterocycles. The summed E-state index contributed by atoms with van der Waals surface area (Å²) in [6.07, 6.45) is 4.96. The number of hydrogen-bond acceptors (Lipinski definition) is 6. The minimum Gasteiger partial charge on any atom is -0.462 e. The maximum Gasteiger partial charge on any atom is 0.303 e. The van der Waals surface area contributed by atoms with E-state index in [0.29, 0.717) is 19.3 Å². The molecule has 178 valence electrons. The van der Waals surface area contributed by atoms with Crippen LogP contribution in [0.2, 0.25) is 0 Å². The Kier molecular flexibility index (Phi) is 7.21. The third-order valence-corrected chi connectivity index (χ3v) is 8.19. The van der Waals surface area contributed by atoms with Gasteiger partial charge in [-0.2, -0.15) is 0 Å². The number of esters is 3. The summed E-state index contributed by atoms with van der Waals surface area (Å²) in [4.78, 5) is 35.7. The standard InChI is InChI=1S/C26H38O6/c1-14-8-9-22(30-17(4)27)16(3)21-10-11-26(7)24(32-19(6)29)13-20(15(2)25(21)26)12-23(14)31-18(5)28/h8,16,20-25H,2,9-13H2,1,3-7H3. The zero-order valence-corrected chi connectivity index (χ0v) is 20.3. The lowest BCUT2D eigenvalue weighted by molar-refractivity contribution is -0.161. The highest BCUT2D eigenvalue weighted by molar-refractivity contribution is 5.67. The van der Waals surface area contributed by atoms with Crippen LogP contribution in [0.15, 0.2) is 23.8 Å². The molecule has 0 spiro atoms. The molecule has 0 aromatic carbocycles. The summed E-state index contributed by atoms with van der Waals surface area (Å²) in [6, 6.07) is 0. The molecule has 0 N–H and O–H groups in total. The van der Waals surface area contributed by atoms with Crippen LogP contribution in [0, 0.1) is 29.1 Å². The van der Waals surface area contributed by atoms with Gasteiger partial charge in [-0.1, -0.05) is 32.1 Å². The quantitative estimate of drug-likeness (QED) is 0.353. The highest BCUT2D eigenvalue weighted by Crippen LogP contribution is 2.61. The SMILES string of the molecule is C=C1C2CC(OC(C)=O)C(C)=CCC(OC(C)=O)C(C)C3CCC(C)(C(OC(C)=O)C2)C13. The Bertz CT molecular complexity index is 813. The molecule has 8 unspecified atom stereocenters. The molecular weight excluding hydrogens is 408 g/mol. The summed E-state index contributed by atoms with van der Waals surface area (Å²) in [7, 11) is 0. The van der Waals surface area contributed by atoms with Crippen molar-refractivity contribution in [1.82, 2.24) is 0 Å². The van der Waals surface area contributed by atoms with Gasteiger partial charge in [0.1, 0.15) is 18.3 Å². The summed E-state index contributed by atoms with van der Waals surface area (Å²) in [5.41, 5.74) is 1.90. The molecule has 6 nitrogen and oxygen atoms in total. The fourth-order valence-corrected chi connectivity index (χ4v) is 6.56. The van der Waals surface area contributed by atoms with E-state index in [1.807, 2.05) is 13.0 Å². The van der Waals surface area contributed by atoms with Crippen molar-refractivity contribution < 1.29 is 28.6 Å². The van der Waals surface area contributed by atoms with Gasteiger partial charge >= 0.3 is 17.9 Å². The second kappa shape index (κ2) is 9.40. The predicted molar refractivity (Wildman–Crippen MR) is 120 cm³/mol. The number of ether oxygens (including phenoxy) is 3. The molecule has 0 aliphatic heterocycles. The van der Waals surface area contributed by atoms with Crippen molar-refractivity contribution in [2.45, 2.75) is 92.0 Å². The average Bonchev–Trinajstić information content (AvgIpc) is 3.04. The van der Waals surface area contributed by atoms with Gasteiger partial charge in [0.15, 0.2) is 0 Å². The topological polar surface area (TPSA) is 78.9 Å². The van der Waals surface area contributed by atoms with Gasteiger partial charge in [-0.3, -0.25) is 14.4 Å². The Morgan fingerprint density at radius 3 is 2.25 bits per heavy atom. The van der Waals surface area contributed by atoms with Crippen LogP contribution in [0.4, 0.5) is 0 Å². The van der Waals surface area contributed by atoms with Crippen molar-refractivity contribution in [3.8, 4) is 0 Å². The highest BCUT2D eigenvalue weighted by atomic mass is 16.6. The molecule has 2 bridgehead atoms. The zero-order valence-electron chi connectivity index (χ0n) is 20.3. The molecule has 3 aliphatic carbocycles. The second-order valence-corrected chi connectivity index (χ2v) is 10.3. The van der Waals surface area contributed by atoms with Crippen LogP contribution in [0.5, 0.6) is 0 Å². The van der Waals surface area contributed by atoms with Gasteiger partial charge in [-0.15, -0.1) is 0 Å². The molecule has 0 aromatic rings. The number of rotatable bonds is 3. The molecule has 0 radical (unpaired) electrons. The maximum atomic E-state index is 12.0. The maximum absolute atomic E-state index is 12.0. The first kappa shape index (κ1) is 24.5. The summed E-state index contributed by atoms with van der Waals surface area (Å²) in [6.45, 7) is 15.2. The van der Waals surface area contributed by atoms with Gasteiger partial charge in [0.05, 0.1) is 0 Å². The van der Waals surface area contributed by atoms with Gasteiger partial charge in [-0.25, -0.2) is 0 Å². The smallest absolute Gasteiger partial charge is 0.303 e. The lowest BCUT2D eigenvalue weighted by Gasteiger charge is -2.50. The van der Waals surface area contributed by atoms with E-state index in [-0.39, 0.29) is 65.3 Å². The monoisotopic (exact) mass is 446 g/mol. The van der Waals surface area contributed by atoms with Gasteiger partial charge in [0.25, 0.3) is 0 Å². The molecular formula is C26H38O6. The van der Waals surface area contributed by atoms with E-state index in [2.05, 4.69) is 20.4 Å². The van der Waals surface area contributed by atoms with Crippen LogP contribution in [0.1, 0.15) is 73.6 Å². The first-order chi connectivity index (χ1) is 14.9. The average molecular weight is 447 g/mol. The highest BCUT2D eigenvalue weighted by Gasteiger charge is 2.58. The Morgan fingerprint density at radius 1 is 1.03 bits per heavy atom. The Balaban J connectivity index is 2.08. The summed E-state index contributed by atoms with van der Waals surface area (Å²) < 4.78 is 17.4. The van der Waals surface area contributed by atoms with Crippen molar-refractivity contribution in [2.75, 3.05) is 0 Å². The fraction of sp³-hybridized carbons (Fsp3) is 0.731. The summed E-state index contributed by atoms with van der Waals surface area (Å²) >= 11 is 0. The van der Waals surface area contributed by atoms with Gasteiger partial charge < -0.3 is 14.2 Å². The molecule has 6 heteroatoms. The van der Waals surface area contributed by atoms with Gasteiger partial charge in [0, 0.05) is 32.6 Å². The van der Waals surface area contributed by atoms with Gasteiger partial charge in [-0.05, 0) is 61.9 Å². The molecule has 0 amide bonds. The molecule has 2 saturated carbocycles. The van der Waals surface area contributed by atoms with Crippen LogP contribution < -0.4 is 0 Å². The summed E-state index contributed by atoms with van der Waals surface area (Å²) in [5, 5.41) is 0. The summed E-state index contributed by atoms with van der Waals surface area (Å²) in [5.74, 6) is -0.279. The van der Waals surface area contributed by atoms with Crippen molar-refractivity contribution in [3.05, 3.63) is 23.8 Å². The predicted octanol–water partition coefficient (Wildman–Crippen LogP) is 4.77. The Morgan fingerprint density at radius 2 is 1.66 bits per heavy atom. The minimum absolute atomic E-state index is 0.0724. The Labute approximate surface area is 191 Å². The number of carbonyl (C=O) groups excluding carboxylic acids is 3. The van der Waals surface area contributed by atoms with E-state index in [4.69, 9.17) is 14.2 Å². The molecule has 3 rings (SSSR count). The fourth-order valence-electron chi connectivity index (χ4n) is 6.56. The molecule has 0 saturated heterocycles. The largest absolute Gasteiger partial charge is 0.462 e. The Hall–Kier alpha value is -2.11. The molecule has 2 fully saturated rings.